The molecule has 0 fully saturated rings. The Morgan fingerprint density at radius 1 is 1.50 bits per heavy atom. The number of carbonyl (C=O) groups excluding carboxylic acids is 1. The van der Waals surface area contributed by atoms with Crippen molar-refractivity contribution >= 4 is 45.0 Å². The average Bonchev–Trinajstić information content (AvgIpc) is 2.32. The highest BCUT2D eigenvalue weighted by atomic mass is 79.9. The molecule has 0 bridgehead atoms. The molecule has 1 amide bonds. The maximum absolute atomic E-state index is 12.2. The molecular weight excluding hydrogens is 337 g/mol. The maximum Gasteiger partial charge on any atom is 0.252 e. The highest BCUT2D eigenvalue weighted by molar-refractivity contribution is 9.10. The molecule has 1 rings (SSSR count). The number of rotatable bonds is 5. The molecule has 1 unspecified atom stereocenters. The molecule has 1 N–H and O–H groups in total. The molecule has 100 valence electrons. The molecule has 0 aliphatic rings. The predicted octanol–water partition coefficient (Wildman–Crippen LogP) is 4.63. The standard InChI is InChI=1S/C13H16BrCl2NO/c1-3-13(2,6-7-15)17-12(18)10-8-9(16)4-5-11(10)14/h4-5,8H,3,6-7H2,1-2H3,(H,17,18). The van der Waals surface area contributed by atoms with E-state index >= 15 is 0 Å². The fourth-order valence-corrected chi connectivity index (χ4v) is 2.57. The molecule has 0 saturated heterocycles. The smallest absolute Gasteiger partial charge is 0.252 e. The Morgan fingerprint density at radius 2 is 2.17 bits per heavy atom. The lowest BCUT2D eigenvalue weighted by atomic mass is 9.95. The van der Waals surface area contributed by atoms with Crippen molar-refractivity contribution in [3.63, 3.8) is 0 Å². The summed E-state index contributed by atoms with van der Waals surface area (Å²) in [4.78, 5) is 12.2. The Bertz CT molecular complexity index is 439. The highest BCUT2D eigenvalue weighted by Crippen LogP contribution is 2.23. The molecule has 1 aromatic rings. The van der Waals surface area contributed by atoms with Gasteiger partial charge in [0, 0.05) is 20.9 Å². The SMILES string of the molecule is CCC(C)(CCCl)NC(=O)c1cc(Cl)ccc1Br. The van der Waals surface area contributed by atoms with E-state index in [1.165, 1.54) is 0 Å². The second-order valence-electron chi connectivity index (χ2n) is 4.43. The Kier molecular flexibility index (Phi) is 5.96. The molecule has 5 heteroatoms. The molecule has 0 aliphatic heterocycles. The van der Waals surface area contributed by atoms with Crippen LogP contribution >= 0.6 is 39.1 Å². The van der Waals surface area contributed by atoms with Crippen LogP contribution in [-0.4, -0.2) is 17.3 Å². The first kappa shape index (κ1) is 15.8. The third kappa shape index (κ3) is 4.15. The van der Waals surface area contributed by atoms with Gasteiger partial charge in [-0.05, 0) is 53.9 Å². The highest BCUT2D eigenvalue weighted by Gasteiger charge is 2.25. The minimum atomic E-state index is -0.291. The minimum absolute atomic E-state index is 0.140. The molecule has 2 nitrogen and oxygen atoms in total. The zero-order valence-corrected chi connectivity index (χ0v) is 13.5. The normalized spacial score (nSPS) is 14.1. The zero-order valence-electron chi connectivity index (χ0n) is 10.4. The second kappa shape index (κ2) is 6.78. The van der Waals surface area contributed by atoms with E-state index in [1.807, 2.05) is 13.8 Å². The quantitative estimate of drug-likeness (QED) is 0.769. The van der Waals surface area contributed by atoms with Crippen LogP contribution in [0.4, 0.5) is 0 Å². The average molecular weight is 353 g/mol. The molecule has 1 aromatic carbocycles. The van der Waals surface area contributed by atoms with Crippen LogP contribution in [0.2, 0.25) is 5.02 Å². The monoisotopic (exact) mass is 351 g/mol. The van der Waals surface area contributed by atoms with E-state index in [-0.39, 0.29) is 11.4 Å². The molecule has 0 aliphatic carbocycles. The van der Waals surface area contributed by atoms with Gasteiger partial charge >= 0.3 is 0 Å². The van der Waals surface area contributed by atoms with Gasteiger partial charge in [0.05, 0.1) is 5.56 Å². The Balaban J connectivity index is 2.90. The number of halogens is 3. The van der Waals surface area contributed by atoms with E-state index in [4.69, 9.17) is 23.2 Å². The lowest BCUT2D eigenvalue weighted by Crippen LogP contribution is -2.45. The summed E-state index contributed by atoms with van der Waals surface area (Å²) >= 11 is 15.0. The Labute approximate surface area is 126 Å². The number of hydrogen-bond acceptors (Lipinski definition) is 1. The van der Waals surface area contributed by atoms with Gasteiger partial charge in [0.25, 0.3) is 5.91 Å². The Hall–Kier alpha value is -0.250. The van der Waals surface area contributed by atoms with Crippen molar-refractivity contribution in [2.24, 2.45) is 0 Å². The van der Waals surface area contributed by atoms with Crippen LogP contribution in [0.3, 0.4) is 0 Å². The fraction of sp³-hybridized carbons (Fsp3) is 0.462. The van der Waals surface area contributed by atoms with Crippen molar-refractivity contribution in [2.75, 3.05) is 5.88 Å². The number of alkyl halides is 1. The number of hydrogen-bond donors (Lipinski definition) is 1. The topological polar surface area (TPSA) is 29.1 Å². The molecule has 0 aromatic heterocycles. The number of nitrogens with one attached hydrogen (secondary N) is 1. The summed E-state index contributed by atoms with van der Waals surface area (Å²) in [6, 6.07) is 5.15. The van der Waals surface area contributed by atoms with Crippen LogP contribution in [0.5, 0.6) is 0 Å². The van der Waals surface area contributed by atoms with Crippen LogP contribution in [-0.2, 0) is 0 Å². The van der Waals surface area contributed by atoms with Gasteiger partial charge < -0.3 is 5.32 Å². The van der Waals surface area contributed by atoms with Crippen molar-refractivity contribution in [1.82, 2.24) is 5.32 Å². The summed E-state index contributed by atoms with van der Waals surface area (Å²) in [5.41, 5.74) is 0.248. The van der Waals surface area contributed by atoms with E-state index in [1.54, 1.807) is 18.2 Å². The molecule has 18 heavy (non-hydrogen) atoms. The summed E-state index contributed by atoms with van der Waals surface area (Å²) in [7, 11) is 0. The largest absolute Gasteiger partial charge is 0.347 e. The predicted molar refractivity (Wildman–Crippen MR) is 80.7 cm³/mol. The van der Waals surface area contributed by atoms with Crippen molar-refractivity contribution in [2.45, 2.75) is 32.2 Å². The van der Waals surface area contributed by atoms with E-state index in [9.17, 15) is 4.79 Å². The van der Waals surface area contributed by atoms with Crippen LogP contribution in [0.15, 0.2) is 22.7 Å². The molecule has 0 radical (unpaired) electrons. The molecule has 1 atom stereocenters. The van der Waals surface area contributed by atoms with E-state index in [0.717, 1.165) is 17.3 Å². The van der Waals surface area contributed by atoms with Gasteiger partial charge in [0.1, 0.15) is 0 Å². The zero-order chi connectivity index (χ0) is 13.8. The van der Waals surface area contributed by atoms with Gasteiger partial charge in [-0.25, -0.2) is 0 Å². The summed E-state index contributed by atoms with van der Waals surface area (Å²) in [5.74, 6) is 0.375. The lowest BCUT2D eigenvalue weighted by Gasteiger charge is -2.29. The lowest BCUT2D eigenvalue weighted by molar-refractivity contribution is 0.0900. The first-order chi connectivity index (χ1) is 8.41. The van der Waals surface area contributed by atoms with Gasteiger partial charge in [-0.2, -0.15) is 0 Å². The molecule has 0 spiro atoms. The number of benzene rings is 1. The summed E-state index contributed by atoms with van der Waals surface area (Å²) in [6.45, 7) is 4.02. The third-order valence-electron chi connectivity index (χ3n) is 3.01. The van der Waals surface area contributed by atoms with Gasteiger partial charge in [0.15, 0.2) is 0 Å². The van der Waals surface area contributed by atoms with Crippen molar-refractivity contribution < 1.29 is 4.79 Å². The van der Waals surface area contributed by atoms with Crippen LogP contribution in [0, 0.1) is 0 Å². The summed E-state index contributed by atoms with van der Waals surface area (Å²) in [5, 5.41) is 3.56. The number of carbonyl (C=O) groups is 1. The number of amides is 1. The summed E-state index contributed by atoms with van der Waals surface area (Å²) < 4.78 is 0.730. The van der Waals surface area contributed by atoms with Crippen LogP contribution < -0.4 is 5.32 Å². The fourth-order valence-electron chi connectivity index (χ4n) is 1.55. The molecule has 0 saturated carbocycles. The van der Waals surface area contributed by atoms with Crippen LogP contribution in [0.25, 0.3) is 0 Å². The maximum atomic E-state index is 12.2. The molecular formula is C13H16BrCl2NO. The van der Waals surface area contributed by atoms with Gasteiger partial charge in [-0.3, -0.25) is 4.79 Å². The third-order valence-corrected chi connectivity index (χ3v) is 4.13. The van der Waals surface area contributed by atoms with E-state index in [0.29, 0.717) is 16.5 Å². The van der Waals surface area contributed by atoms with E-state index < -0.39 is 0 Å². The minimum Gasteiger partial charge on any atom is -0.347 e. The first-order valence-corrected chi connectivity index (χ1v) is 7.46. The summed E-state index contributed by atoms with van der Waals surface area (Å²) in [6.07, 6.45) is 1.55. The van der Waals surface area contributed by atoms with Gasteiger partial charge in [-0.15, -0.1) is 11.6 Å². The van der Waals surface area contributed by atoms with Gasteiger partial charge in [-0.1, -0.05) is 18.5 Å². The van der Waals surface area contributed by atoms with Crippen LogP contribution in [0.1, 0.15) is 37.0 Å². The van der Waals surface area contributed by atoms with Crippen molar-refractivity contribution in [1.29, 1.82) is 0 Å². The van der Waals surface area contributed by atoms with Crippen molar-refractivity contribution in [3.8, 4) is 0 Å². The second-order valence-corrected chi connectivity index (χ2v) is 6.10. The van der Waals surface area contributed by atoms with E-state index in [2.05, 4.69) is 21.2 Å². The molecule has 0 heterocycles. The first-order valence-electron chi connectivity index (χ1n) is 5.75. The van der Waals surface area contributed by atoms with Gasteiger partial charge in [0.2, 0.25) is 0 Å². The van der Waals surface area contributed by atoms with Crippen molar-refractivity contribution in [3.05, 3.63) is 33.3 Å². The Morgan fingerprint density at radius 3 is 2.72 bits per heavy atom.